The molecule has 33 heavy (non-hydrogen) atoms. The van der Waals surface area contributed by atoms with Crippen molar-refractivity contribution in [1.29, 1.82) is 0 Å². The third kappa shape index (κ3) is 4.44. The summed E-state index contributed by atoms with van der Waals surface area (Å²) in [7, 11) is 1.57. The summed E-state index contributed by atoms with van der Waals surface area (Å²) in [6.45, 7) is 5.38. The van der Waals surface area contributed by atoms with Crippen LogP contribution in [0, 0.1) is 5.41 Å². The number of furan rings is 1. The molecule has 168 valence electrons. The Morgan fingerprint density at radius 2 is 1.61 bits per heavy atom. The molecule has 0 unspecified atom stereocenters. The van der Waals surface area contributed by atoms with E-state index in [1.54, 1.807) is 70.3 Å². The van der Waals surface area contributed by atoms with Crippen molar-refractivity contribution in [3.8, 4) is 17.1 Å². The molecule has 5 nitrogen and oxygen atoms in total. The highest BCUT2D eigenvalue weighted by atomic mass is 79.9. The molecule has 2 amide bonds. The summed E-state index contributed by atoms with van der Waals surface area (Å²) in [5.41, 5.74) is 1.30. The van der Waals surface area contributed by atoms with Crippen LogP contribution in [0.15, 0.2) is 81.7 Å². The van der Waals surface area contributed by atoms with Gasteiger partial charge in [-0.25, -0.2) is 4.90 Å². The highest BCUT2D eigenvalue weighted by Gasteiger charge is 2.37. The zero-order valence-electron chi connectivity index (χ0n) is 18.9. The van der Waals surface area contributed by atoms with Gasteiger partial charge in [0, 0.05) is 26.4 Å². The smallest absolute Gasteiger partial charge is 0.265 e. The standard InChI is InChI=1S/C27H24BrNO4/c1-27(2,3)26(31)29(25(30)18-8-6-5-7-9-18)23-21-16-20(32-4)14-15-22(21)33-24(23)17-10-12-19(28)13-11-17/h5-16H,1-4H3. The van der Waals surface area contributed by atoms with Crippen molar-refractivity contribution in [2.75, 3.05) is 12.0 Å². The van der Waals surface area contributed by atoms with E-state index in [4.69, 9.17) is 9.15 Å². The molecule has 0 saturated carbocycles. The number of methoxy groups -OCH3 is 1. The van der Waals surface area contributed by atoms with Gasteiger partial charge in [-0.2, -0.15) is 0 Å². The molecule has 1 heterocycles. The number of halogens is 1. The maximum atomic E-state index is 13.8. The SMILES string of the molecule is COc1ccc2oc(-c3ccc(Br)cc3)c(N(C(=O)c3ccccc3)C(=O)C(C)(C)C)c2c1. The van der Waals surface area contributed by atoms with E-state index in [1.165, 1.54) is 4.90 Å². The van der Waals surface area contributed by atoms with E-state index in [0.717, 1.165) is 10.0 Å². The van der Waals surface area contributed by atoms with Crippen molar-refractivity contribution in [2.24, 2.45) is 5.41 Å². The molecule has 0 N–H and O–H groups in total. The van der Waals surface area contributed by atoms with Crippen LogP contribution < -0.4 is 9.64 Å². The lowest BCUT2D eigenvalue weighted by molar-refractivity contribution is -0.125. The first-order valence-corrected chi connectivity index (χ1v) is 11.3. The van der Waals surface area contributed by atoms with Gasteiger partial charge in [0.15, 0.2) is 5.76 Å². The summed E-state index contributed by atoms with van der Waals surface area (Å²) >= 11 is 3.46. The normalized spacial score (nSPS) is 11.4. The van der Waals surface area contributed by atoms with Crippen molar-refractivity contribution in [3.63, 3.8) is 0 Å². The maximum absolute atomic E-state index is 13.8. The number of rotatable bonds is 4. The Bertz CT molecular complexity index is 1320. The largest absolute Gasteiger partial charge is 0.497 e. The fourth-order valence-corrected chi connectivity index (χ4v) is 3.81. The van der Waals surface area contributed by atoms with Gasteiger partial charge < -0.3 is 9.15 Å². The van der Waals surface area contributed by atoms with Gasteiger partial charge in [-0.3, -0.25) is 9.59 Å². The summed E-state index contributed by atoms with van der Waals surface area (Å²) in [4.78, 5) is 28.8. The topological polar surface area (TPSA) is 59.8 Å². The average molecular weight is 506 g/mol. The Morgan fingerprint density at radius 3 is 2.21 bits per heavy atom. The minimum absolute atomic E-state index is 0.333. The van der Waals surface area contributed by atoms with Crippen LogP contribution in [0.25, 0.3) is 22.3 Å². The molecule has 3 aromatic carbocycles. The first-order chi connectivity index (χ1) is 15.7. The lowest BCUT2D eigenvalue weighted by atomic mass is 9.93. The number of amides is 2. The fraction of sp³-hybridized carbons (Fsp3) is 0.185. The summed E-state index contributed by atoms with van der Waals surface area (Å²) in [5.74, 6) is 0.287. The summed E-state index contributed by atoms with van der Waals surface area (Å²) in [5, 5.41) is 0.620. The van der Waals surface area contributed by atoms with Gasteiger partial charge >= 0.3 is 0 Å². The number of ether oxygens (including phenoxy) is 1. The van der Waals surface area contributed by atoms with Crippen LogP contribution in [-0.2, 0) is 4.79 Å². The molecule has 4 aromatic rings. The number of imide groups is 1. The van der Waals surface area contributed by atoms with E-state index in [2.05, 4.69) is 15.9 Å². The number of benzene rings is 3. The molecule has 0 saturated heterocycles. The fourth-order valence-electron chi connectivity index (χ4n) is 3.55. The molecular weight excluding hydrogens is 482 g/mol. The Labute approximate surface area is 201 Å². The predicted octanol–water partition coefficient (Wildman–Crippen LogP) is 7.09. The predicted molar refractivity (Wildman–Crippen MR) is 134 cm³/mol. The number of hydrogen-bond acceptors (Lipinski definition) is 4. The number of nitrogens with zero attached hydrogens (tertiary/aromatic N) is 1. The zero-order chi connectivity index (χ0) is 23.8. The highest BCUT2D eigenvalue weighted by molar-refractivity contribution is 9.10. The van der Waals surface area contributed by atoms with Crippen LogP contribution >= 0.6 is 15.9 Å². The lowest BCUT2D eigenvalue weighted by Crippen LogP contribution is -2.44. The molecule has 0 aliphatic rings. The summed E-state index contributed by atoms with van der Waals surface area (Å²) < 4.78 is 12.6. The molecule has 1 aromatic heterocycles. The van der Waals surface area contributed by atoms with Crippen LogP contribution in [0.4, 0.5) is 5.69 Å². The minimum atomic E-state index is -0.816. The first kappa shape index (κ1) is 22.8. The van der Waals surface area contributed by atoms with Gasteiger partial charge in [-0.1, -0.05) is 67.0 Å². The summed E-state index contributed by atoms with van der Waals surface area (Å²) in [6.07, 6.45) is 0. The lowest BCUT2D eigenvalue weighted by Gasteiger charge is -2.28. The van der Waals surface area contributed by atoms with Gasteiger partial charge in [0.25, 0.3) is 5.91 Å². The maximum Gasteiger partial charge on any atom is 0.265 e. The van der Waals surface area contributed by atoms with Crippen molar-refractivity contribution >= 4 is 44.4 Å². The van der Waals surface area contributed by atoms with Crippen molar-refractivity contribution < 1.29 is 18.7 Å². The third-order valence-electron chi connectivity index (χ3n) is 5.27. The van der Waals surface area contributed by atoms with Gasteiger partial charge in [-0.05, 0) is 42.5 Å². The van der Waals surface area contributed by atoms with E-state index in [-0.39, 0.29) is 5.91 Å². The van der Waals surface area contributed by atoms with Gasteiger partial charge in [0.2, 0.25) is 5.91 Å². The average Bonchev–Trinajstić information content (AvgIpc) is 3.18. The van der Waals surface area contributed by atoms with Crippen LogP contribution in [0.3, 0.4) is 0 Å². The monoisotopic (exact) mass is 505 g/mol. The van der Waals surface area contributed by atoms with Crippen molar-refractivity contribution in [1.82, 2.24) is 0 Å². The molecule has 0 fully saturated rings. The molecule has 0 radical (unpaired) electrons. The van der Waals surface area contributed by atoms with Crippen molar-refractivity contribution in [3.05, 3.63) is 82.8 Å². The second-order valence-electron chi connectivity index (χ2n) is 8.71. The van der Waals surface area contributed by atoms with E-state index in [0.29, 0.717) is 33.7 Å². The van der Waals surface area contributed by atoms with E-state index >= 15 is 0 Å². The Hall–Kier alpha value is -3.38. The number of carbonyl (C=O) groups is 2. The number of hydrogen-bond donors (Lipinski definition) is 0. The van der Waals surface area contributed by atoms with Crippen LogP contribution in [0.5, 0.6) is 5.75 Å². The molecule has 0 aliphatic heterocycles. The Balaban J connectivity index is 2.05. The number of anilines is 1. The molecule has 0 bridgehead atoms. The molecule has 0 spiro atoms. The highest BCUT2D eigenvalue weighted by Crippen LogP contribution is 2.44. The molecular formula is C27H24BrNO4. The van der Waals surface area contributed by atoms with Gasteiger partial charge in [-0.15, -0.1) is 0 Å². The molecule has 6 heteroatoms. The minimum Gasteiger partial charge on any atom is -0.497 e. The third-order valence-corrected chi connectivity index (χ3v) is 5.80. The number of fused-ring (bicyclic) bond motifs is 1. The quantitative estimate of drug-likeness (QED) is 0.297. The van der Waals surface area contributed by atoms with Crippen LogP contribution in [-0.4, -0.2) is 18.9 Å². The molecule has 0 atom stereocenters. The van der Waals surface area contributed by atoms with Crippen molar-refractivity contribution in [2.45, 2.75) is 20.8 Å². The van der Waals surface area contributed by atoms with E-state index in [9.17, 15) is 9.59 Å². The second kappa shape index (κ2) is 8.87. The second-order valence-corrected chi connectivity index (χ2v) is 9.63. The Kier molecular flexibility index (Phi) is 6.13. The van der Waals surface area contributed by atoms with Gasteiger partial charge in [0.1, 0.15) is 17.0 Å². The van der Waals surface area contributed by atoms with Crippen LogP contribution in [0.2, 0.25) is 0 Å². The first-order valence-electron chi connectivity index (χ1n) is 10.5. The van der Waals surface area contributed by atoms with Gasteiger partial charge in [0.05, 0.1) is 7.11 Å². The number of carbonyl (C=O) groups excluding carboxylic acids is 2. The molecule has 4 rings (SSSR count). The zero-order valence-corrected chi connectivity index (χ0v) is 20.5. The molecule has 0 aliphatic carbocycles. The van der Waals surface area contributed by atoms with E-state index < -0.39 is 11.3 Å². The van der Waals surface area contributed by atoms with Crippen LogP contribution in [0.1, 0.15) is 31.1 Å². The Morgan fingerprint density at radius 1 is 0.939 bits per heavy atom. The summed E-state index contributed by atoms with van der Waals surface area (Å²) in [6, 6.07) is 21.7. The van der Waals surface area contributed by atoms with E-state index in [1.807, 2.05) is 30.3 Å².